The molecule has 12 nitrogen and oxygen atoms in total. The molecule has 0 fully saturated rings. The van der Waals surface area contributed by atoms with Crippen molar-refractivity contribution < 1.29 is 59.4 Å². The first-order chi connectivity index (χ1) is 12.3. The molecule has 0 radical (unpaired) electrons. The molecule has 2 unspecified atom stereocenters. The van der Waals surface area contributed by atoms with Crippen LogP contribution in [0.15, 0.2) is 0 Å². The number of rotatable bonds is 14. The van der Waals surface area contributed by atoms with Gasteiger partial charge in [-0.15, -0.1) is 0 Å². The largest absolute Gasteiger partial charge is 0.481 e. The Bertz CT molecular complexity index is 608. The molecule has 12 heteroatoms. The van der Waals surface area contributed by atoms with Crippen LogP contribution in [0.4, 0.5) is 0 Å². The normalized spacial score (nSPS) is 13.3. The Morgan fingerprint density at radius 1 is 0.667 bits per heavy atom. The van der Waals surface area contributed by atoms with Gasteiger partial charge in [-0.3, -0.25) is 28.8 Å². The van der Waals surface area contributed by atoms with Crippen LogP contribution in [-0.2, 0) is 28.8 Å². The molecule has 0 saturated carbocycles. The Balaban J connectivity index is 5.67. The Kier molecular flexibility index (Phi) is 8.90. The predicted molar refractivity (Wildman–Crippen MR) is 82.9 cm³/mol. The van der Waals surface area contributed by atoms with Crippen molar-refractivity contribution in [2.75, 3.05) is 0 Å². The fourth-order valence-corrected chi connectivity index (χ4v) is 2.58. The van der Waals surface area contributed by atoms with Crippen LogP contribution in [0.5, 0.6) is 0 Å². The van der Waals surface area contributed by atoms with Gasteiger partial charge in [0.2, 0.25) is 0 Å². The molecule has 0 aliphatic rings. The average molecular weight is 392 g/mol. The molecule has 0 aromatic heterocycles. The molecule has 0 heterocycles. The van der Waals surface area contributed by atoms with Crippen molar-refractivity contribution in [1.82, 2.24) is 0 Å². The van der Waals surface area contributed by atoms with Crippen molar-refractivity contribution in [2.45, 2.75) is 38.5 Å². The van der Waals surface area contributed by atoms with E-state index in [1.807, 2.05) is 0 Å². The van der Waals surface area contributed by atoms with Gasteiger partial charge in [-0.25, -0.2) is 0 Å². The van der Waals surface area contributed by atoms with Crippen LogP contribution in [0.1, 0.15) is 38.5 Å². The first-order valence-corrected chi connectivity index (χ1v) is 7.69. The second kappa shape index (κ2) is 10.1. The molecular weight excluding hydrogens is 372 g/mol. The van der Waals surface area contributed by atoms with Crippen molar-refractivity contribution in [3.05, 3.63) is 0 Å². The fourth-order valence-electron chi connectivity index (χ4n) is 2.58. The number of hydrogen-bond donors (Lipinski definition) is 6. The topological polar surface area (TPSA) is 224 Å². The highest BCUT2D eigenvalue weighted by Gasteiger charge is 2.49. The zero-order valence-electron chi connectivity index (χ0n) is 14.0. The van der Waals surface area contributed by atoms with Gasteiger partial charge in [0.1, 0.15) is 0 Å². The van der Waals surface area contributed by atoms with Crippen molar-refractivity contribution in [3.8, 4) is 0 Å². The maximum Gasteiger partial charge on any atom is 0.321 e. The molecule has 0 aromatic carbocycles. The summed E-state index contributed by atoms with van der Waals surface area (Å²) in [5.41, 5.74) is -2.74. The van der Waals surface area contributed by atoms with Gasteiger partial charge in [0.15, 0.2) is 5.41 Å². The zero-order valence-corrected chi connectivity index (χ0v) is 14.0. The van der Waals surface area contributed by atoms with Crippen LogP contribution in [0, 0.1) is 17.3 Å². The van der Waals surface area contributed by atoms with Crippen LogP contribution in [-0.4, -0.2) is 66.5 Å². The summed E-state index contributed by atoms with van der Waals surface area (Å²) in [4.78, 5) is 67.0. The molecular formula is C15H20O12. The van der Waals surface area contributed by atoms with Gasteiger partial charge in [0.25, 0.3) is 0 Å². The van der Waals surface area contributed by atoms with E-state index in [1.54, 1.807) is 0 Å². The van der Waals surface area contributed by atoms with Gasteiger partial charge in [-0.1, -0.05) is 0 Å². The minimum atomic E-state index is -2.74. The molecule has 0 amide bonds. The number of carboxylic acids is 6. The maximum absolute atomic E-state index is 11.5. The molecule has 0 aromatic rings. The Morgan fingerprint density at radius 2 is 1.11 bits per heavy atom. The van der Waals surface area contributed by atoms with E-state index in [-0.39, 0.29) is 0 Å². The molecule has 6 N–H and O–H groups in total. The molecule has 0 rings (SSSR count). The lowest BCUT2D eigenvalue weighted by Crippen LogP contribution is -2.43. The summed E-state index contributed by atoms with van der Waals surface area (Å²) in [5, 5.41) is 54.3. The van der Waals surface area contributed by atoms with Crippen LogP contribution >= 0.6 is 0 Å². The third kappa shape index (κ3) is 7.30. The molecule has 0 bridgehead atoms. The van der Waals surface area contributed by atoms with Crippen LogP contribution in [0.25, 0.3) is 0 Å². The minimum Gasteiger partial charge on any atom is -0.481 e. The molecule has 0 aliphatic carbocycles. The lowest BCUT2D eigenvalue weighted by atomic mass is 9.73. The van der Waals surface area contributed by atoms with E-state index >= 15 is 0 Å². The Hall–Kier alpha value is -3.18. The van der Waals surface area contributed by atoms with Crippen molar-refractivity contribution >= 4 is 35.8 Å². The lowest BCUT2D eigenvalue weighted by Gasteiger charge is -2.28. The van der Waals surface area contributed by atoms with Gasteiger partial charge in [-0.2, -0.15) is 0 Å². The van der Waals surface area contributed by atoms with Crippen LogP contribution in [0.2, 0.25) is 0 Å². The van der Waals surface area contributed by atoms with Crippen LogP contribution in [0.3, 0.4) is 0 Å². The highest BCUT2D eigenvalue weighted by atomic mass is 16.4. The first kappa shape index (κ1) is 23.8. The Morgan fingerprint density at radius 3 is 1.44 bits per heavy atom. The second-order valence-electron chi connectivity index (χ2n) is 6.03. The highest BCUT2D eigenvalue weighted by Crippen LogP contribution is 2.36. The van der Waals surface area contributed by atoms with E-state index < -0.39 is 91.6 Å². The van der Waals surface area contributed by atoms with Crippen molar-refractivity contribution in [3.63, 3.8) is 0 Å². The van der Waals surface area contributed by atoms with E-state index in [2.05, 4.69) is 0 Å². The molecule has 152 valence electrons. The minimum absolute atomic E-state index is 0.434. The van der Waals surface area contributed by atoms with Gasteiger partial charge in [0.05, 0.1) is 11.8 Å². The number of hydrogen-bond acceptors (Lipinski definition) is 6. The number of carbonyl (C=O) groups is 6. The van der Waals surface area contributed by atoms with Gasteiger partial charge < -0.3 is 30.6 Å². The summed E-state index contributed by atoms with van der Waals surface area (Å²) in [7, 11) is 0. The monoisotopic (exact) mass is 392 g/mol. The summed E-state index contributed by atoms with van der Waals surface area (Å²) >= 11 is 0. The molecule has 0 saturated heterocycles. The van der Waals surface area contributed by atoms with Gasteiger partial charge in [0, 0.05) is 12.8 Å². The summed E-state index contributed by atoms with van der Waals surface area (Å²) in [6.07, 6.45) is -4.51. The van der Waals surface area contributed by atoms with E-state index in [4.69, 9.17) is 15.3 Å². The van der Waals surface area contributed by atoms with Crippen molar-refractivity contribution in [1.29, 1.82) is 0 Å². The van der Waals surface area contributed by atoms with Gasteiger partial charge >= 0.3 is 35.8 Å². The summed E-state index contributed by atoms with van der Waals surface area (Å²) in [6, 6.07) is 0. The predicted octanol–water partition coefficient (Wildman–Crippen LogP) is 0.0534. The fraction of sp³-hybridized carbons (Fsp3) is 0.600. The third-order valence-corrected chi connectivity index (χ3v) is 4.15. The van der Waals surface area contributed by atoms with Gasteiger partial charge in [-0.05, 0) is 25.7 Å². The smallest absolute Gasteiger partial charge is 0.321 e. The summed E-state index contributed by atoms with van der Waals surface area (Å²) in [5.74, 6) is -13.1. The van der Waals surface area contributed by atoms with E-state index in [0.29, 0.717) is 0 Å². The number of carboxylic acid groups (broad SMARTS) is 6. The lowest BCUT2D eigenvalue weighted by molar-refractivity contribution is -0.168. The molecule has 0 aliphatic heterocycles. The maximum atomic E-state index is 11.5. The standard InChI is InChI=1S/C15H20O12/c16-9(17)2-1-7(11(20)21)5-8(12(22)23)6-15(13(24)25,14(26)27)4-3-10(18)19/h7-8H,1-6H2,(H,16,17)(H,18,19)(H,20,21)(H,22,23)(H,24,25)(H,26,27). The molecule has 2 atom stereocenters. The summed E-state index contributed by atoms with van der Waals surface area (Å²) < 4.78 is 0. The third-order valence-electron chi connectivity index (χ3n) is 4.15. The van der Waals surface area contributed by atoms with Crippen molar-refractivity contribution in [2.24, 2.45) is 17.3 Å². The van der Waals surface area contributed by atoms with E-state index in [0.717, 1.165) is 0 Å². The average Bonchev–Trinajstić information content (AvgIpc) is 2.51. The molecule has 0 spiro atoms. The zero-order chi connectivity index (χ0) is 21.4. The Labute approximate surface area is 152 Å². The SMILES string of the molecule is O=C(O)CCC(CC(CC(CCC(=O)O)(C(=O)O)C(=O)O)C(=O)O)C(=O)O. The van der Waals surface area contributed by atoms with Crippen LogP contribution < -0.4 is 0 Å². The molecule has 27 heavy (non-hydrogen) atoms. The highest BCUT2D eigenvalue weighted by molar-refractivity contribution is 5.99. The van der Waals surface area contributed by atoms with E-state index in [9.17, 15) is 44.1 Å². The second-order valence-corrected chi connectivity index (χ2v) is 6.03. The van der Waals surface area contributed by atoms with E-state index in [1.165, 1.54) is 0 Å². The quantitative estimate of drug-likeness (QED) is 0.216. The number of aliphatic carboxylic acids is 6. The first-order valence-electron chi connectivity index (χ1n) is 7.69. The summed E-state index contributed by atoms with van der Waals surface area (Å²) in [6.45, 7) is 0.